The summed E-state index contributed by atoms with van der Waals surface area (Å²) in [6.07, 6.45) is 4.95. The molecule has 3 heterocycles. The molecule has 0 aliphatic carbocycles. The van der Waals surface area contributed by atoms with Crippen LogP contribution in [0.15, 0.2) is 24.1 Å². The van der Waals surface area contributed by atoms with Gasteiger partial charge in [-0.15, -0.1) is 17.9 Å². The van der Waals surface area contributed by atoms with Crippen molar-refractivity contribution in [2.45, 2.75) is 44.4 Å². The highest BCUT2D eigenvalue weighted by molar-refractivity contribution is 7.12. The van der Waals surface area contributed by atoms with E-state index in [1.165, 1.54) is 11.3 Å². The Kier molecular flexibility index (Phi) is 4.96. The molecule has 1 aromatic heterocycles. The Morgan fingerprint density at radius 2 is 2.41 bits per heavy atom. The van der Waals surface area contributed by atoms with Gasteiger partial charge in [0.25, 0.3) is 5.91 Å². The van der Waals surface area contributed by atoms with Gasteiger partial charge in [-0.05, 0) is 43.2 Å². The number of ether oxygens (including phenoxy) is 2. The Labute approximate surface area is 135 Å². The second kappa shape index (κ2) is 6.94. The Balaban J connectivity index is 1.60. The third-order valence-corrected chi connectivity index (χ3v) is 5.50. The Morgan fingerprint density at radius 3 is 3.14 bits per heavy atom. The summed E-state index contributed by atoms with van der Waals surface area (Å²) in [6, 6.07) is 2.24. The summed E-state index contributed by atoms with van der Waals surface area (Å²) in [4.78, 5) is 15.6. The number of hydrogen-bond acceptors (Lipinski definition) is 4. The molecule has 3 atom stereocenters. The van der Waals surface area contributed by atoms with Gasteiger partial charge in [0.2, 0.25) is 0 Å². The predicted molar refractivity (Wildman–Crippen MR) is 87.4 cm³/mol. The fourth-order valence-corrected chi connectivity index (χ4v) is 4.26. The molecule has 22 heavy (non-hydrogen) atoms. The van der Waals surface area contributed by atoms with Crippen LogP contribution < -0.4 is 0 Å². The highest BCUT2D eigenvalue weighted by Crippen LogP contribution is 2.33. The van der Waals surface area contributed by atoms with Gasteiger partial charge in [-0.2, -0.15) is 0 Å². The van der Waals surface area contributed by atoms with Crippen LogP contribution in [0, 0.1) is 6.92 Å². The topological polar surface area (TPSA) is 38.8 Å². The molecule has 2 saturated heterocycles. The summed E-state index contributed by atoms with van der Waals surface area (Å²) < 4.78 is 11.6. The van der Waals surface area contributed by atoms with Crippen molar-refractivity contribution in [2.24, 2.45) is 0 Å². The standard InChI is InChI=1S/C17H23NO3S/c1-3-9-20-11-13-4-5-14-15(21-13)6-8-18(14)17(19)16-12(2)7-10-22-16/h3,7,10,13-15H,1,4-6,8-9,11H2,2H3/t13-,14-,15-/m0/s1. The summed E-state index contributed by atoms with van der Waals surface area (Å²) in [7, 11) is 0. The second-order valence-electron chi connectivity index (χ2n) is 5.99. The monoisotopic (exact) mass is 321 g/mol. The van der Waals surface area contributed by atoms with E-state index < -0.39 is 0 Å². The molecule has 0 bridgehead atoms. The third-order valence-electron chi connectivity index (χ3n) is 4.49. The van der Waals surface area contributed by atoms with E-state index >= 15 is 0 Å². The minimum absolute atomic E-state index is 0.153. The van der Waals surface area contributed by atoms with Crippen LogP contribution in [0.3, 0.4) is 0 Å². The number of carbonyl (C=O) groups excluding carboxylic acids is 1. The van der Waals surface area contributed by atoms with Gasteiger partial charge in [-0.25, -0.2) is 0 Å². The highest BCUT2D eigenvalue weighted by atomic mass is 32.1. The van der Waals surface area contributed by atoms with Crippen molar-refractivity contribution in [2.75, 3.05) is 19.8 Å². The first-order valence-electron chi connectivity index (χ1n) is 7.90. The van der Waals surface area contributed by atoms with Crippen LogP contribution in [-0.2, 0) is 9.47 Å². The van der Waals surface area contributed by atoms with E-state index in [9.17, 15) is 4.79 Å². The molecule has 1 amide bonds. The number of nitrogens with zero attached hydrogens (tertiary/aromatic N) is 1. The van der Waals surface area contributed by atoms with Crippen LogP contribution in [0.4, 0.5) is 0 Å². The normalized spacial score (nSPS) is 27.7. The predicted octanol–water partition coefficient (Wildman–Crippen LogP) is 3.02. The average Bonchev–Trinajstić information content (AvgIpc) is 3.12. The molecule has 5 heteroatoms. The molecule has 2 aliphatic rings. The number of rotatable bonds is 5. The maximum Gasteiger partial charge on any atom is 0.264 e. The number of thiophene rings is 1. The second-order valence-corrected chi connectivity index (χ2v) is 6.90. The average molecular weight is 321 g/mol. The SMILES string of the molecule is C=CCOC[C@@H]1CC[C@H]2[C@H](CCN2C(=O)c2sccc2C)O1. The molecule has 120 valence electrons. The molecule has 0 unspecified atom stereocenters. The number of fused-ring (bicyclic) bond motifs is 1. The summed E-state index contributed by atoms with van der Waals surface area (Å²) in [6.45, 7) is 7.63. The van der Waals surface area contributed by atoms with Crippen molar-refractivity contribution in [3.05, 3.63) is 34.5 Å². The molecule has 0 radical (unpaired) electrons. The van der Waals surface area contributed by atoms with Gasteiger partial charge >= 0.3 is 0 Å². The molecule has 0 saturated carbocycles. The lowest BCUT2D eigenvalue weighted by molar-refractivity contribution is -0.0936. The summed E-state index contributed by atoms with van der Waals surface area (Å²) >= 11 is 1.54. The largest absolute Gasteiger partial charge is 0.375 e. The van der Waals surface area contributed by atoms with Gasteiger partial charge in [0.1, 0.15) is 0 Å². The van der Waals surface area contributed by atoms with E-state index in [0.717, 1.165) is 36.2 Å². The van der Waals surface area contributed by atoms with E-state index in [4.69, 9.17) is 9.47 Å². The van der Waals surface area contributed by atoms with E-state index in [-0.39, 0.29) is 24.2 Å². The molecular formula is C17H23NO3S. The van der Waals surface area contributed by atoms with Crippen LogP contribution in [0.1, 0.15) is 34.5 Å². The van der Waals surface area contributed by atoms with Gasteiger partial charge < -0.3 is 14.4 Å². The Bertz CT molecular complexity index is 542. The van der Waals surface area contributed by atoms with Crippen LogP contribution >= 0.6 is 11.3 Å². The van der Waals surface area contributed by atoms with E-state index in [1.54, 1.807) is 6.08 Å². The van der Waals surface area contributed by atoms with Crippen LogP contribution in [0.2, 0.25) is 0 Å². The van der Waals surface area contributed by atoms with Crippen molar-refractivity contribution in [3.8, 4) is 0 Å². The molecule has 2 aliphatic heterocycles. The van der Waals surface area contributed by atoms with Gasteiger partial charge in [-0.3, -0.25) is 4.79 Å². The quantitative estimate of drug-likeness (QED) is 0.618. The van der Waals surface area contributed by atoms with E-state index in [1.807, 2.05) is 23.3 Å². The number of likely N-dealkylation sites (tertiary alicyclic amines) is 1. The lowest BCUT2D eigenvalue weighted by Gasteiger charge is -2.35. The van der Waals surface area contributed by atoms with Crippen molar-refractivity contribution in [3.63, 3.8) is 0 Å². The Hall–Kier alpha value is -1.17. The van der Waals surface area contributed by atoms with Gasteiger partial charge in [0.05, 0.1) is 36.3 Å². The zero-order valence-corrected chi connectivity index (χ0v) is 13.8. The zero-order valence-electron chi connectivity index (χ0n) is 13.0. The van der Waals surface area contributed by atoms with Crippen LogP contribution in [0.5, 0.6) is 0 Å². The summed E-state index contributed by atoms with van der Waals surface area (Å²) in [5, 5.41) is 1.99. The van der Waals surface area contributed by atoms with Crippen molar-refractivity contribution >= 4 is 17.2 Å². The molecule has 0 spiro atoms. The maximum atomic E-state index is 12.7. The maximum absolute atomic E-state index is 12.7. The van der Waals surface area contributed by atoms with Crippen LogP contribution in [0.25, 0.3) is 0 Å². The van der Waals surface area contributed by atoms with Crippen LogP contribution in [-0.4, -0.2) is 48.8 Å². The van der Waals surface area contributed by atoms with E-state index in [0.29, 0.717) is 13.2 Å². The fourth-order valence-electron chi connectivity index (χ4n) is 3.38. The first-order valence-corrected chi connectivity index (χ1v) is 8.78. The minimum Gasteiger partial charge on any atom is -0.375 e. The minimum atomic E-state index is 0.153. The number of amides is 1. The first-order chi connectivity index (χ1) is 10.7. The van der Waals surface area contributed by atoms with Gasteiger partial charge in [0, 0.05) is 6.54 Å². The van der Waals surface area contributed by atoms with Crippen molar-refractivity contribution in [1.29, 1.82) is 0 Å². The third kappa shape index (κ3) is 3.12. The molecular weight excluding hydrogens is 298 g/mol. The molecule has 0 aromatic carbocycles. The number of hydrogen-bond donors (Lipinski definition) is 0. The van der Waals surface area contributed by atoms with E-state index in [2.05, 4.69) is 6.58 Å². The number of carbonyl (C=O) groups is 1. The molecule has 4 nitrogen and oxygen atoms in total. The zero-order chi connectivity index (χ0) is 15.5. The fraction of sp³-hybridized carbons (Fsp3) is 0.588. The molecule has 1 aromatic rings. The van der Waals surface area contributed by atoms with Gasteiger partial charge in [0.15, 0.2) is 0 Å². The Morgan fingerprint density at radius 1 is 1.55 bits per heavy atom. The molecule has 3 rings (SSSR count). The summed E-state index contributed by atoms with van der Waals surface area (Å²) in [5.74, 6) is 0.171. The highest BCUT2D eigenvalue weighted by Gasteiger charge is 2.42. The summed E-state index contributed by atoms with van der Waals surface area (Å²) in [5.41, 5.74) is 1.07. The number of aryl methyl sites for hydroxylation is 1. The smallest absolute Gasteiger partial charge is 0.264 e. The van der Waals surface area contributed by atoms with Crippen molar-refractivity contribution < 1.29 is 14.3 Å². The van der Waals surface area contributed by atoms with Gasteiger partial charge in [-0.1, -0.05) is 6.08 Å². The lowest BCUT2D eigenvalue weighted by Crippen LogP contribution is -2.45. The van der Waals surface area contributed by atoms with Crippen molar-refractivity contribution in [1.82, 2.24) is 4.90 Å². The molecule has 0 N–H and O–H groups in total. The lowest BCUT2D eigenvalue weighted by atomic mass is 9.99. The molecule has 2 fully saturated rings. The first kappa shape index (κ1) is 15.7.